The van der Waals surface area contributed by atoms with Gasteiger partial charge in [-0.25, -0.2) is 0 Å². The summed E-state index contributed by atoms with van der Waals surface area (Å²) >= 11 is 0. The van der Waals surface area contributed by atoms with Crippen LogP contribution in [0.15, 0.2) is 84.9 Å². The van der Waals surface area contributed by atoms with Crippen LogP contribution in [0.2, 0.25) is 0 Å². The lowest BCUT2D eigenvalue weighted by atomic mass is 9.89. The number of fused-ring (bicyclic) bond motifs is 2. The van der Waals surface area contributed by atoms with Gasteiger partial charge in [0.1, 0.15) is 0 Å². The first-order valence-electron chi connectivity index (χ1n) is 8.31. The Morgan fingerprint density at radius 3 is 1.54 bits per heavy atom. The van der Waals surface area contributed by atoms with Crippen molar-refractivity contribution in [2.45, 2.75) is 5.92 Å². The summed E-state index contributed by atoms with van der Waals surface area (Å²) in [6.45, 7) is 0.677. The van der Waals surface area contributed by atoms with Crippen LogP contribution in [-0.2, 0) is 4.74 Å². The van der Waals surface area contributed by atoms with Crippen LogP contribution in [0.1, 0.15) is 17.0 Å². The molecule has 0 unspecified atom stereocenters. The molecule has 0 aliphatic carbocycles. The first-order chi connectivity index (χ1) is 11.8. The number of hydrogen-bond acceptors (Lipinski definition) is 1. The van der Waals surface area contributed by atoms with E-state index in [-0.39, 0.29) is 5.92 Å². The molecule has 0 N–H and O–H groups in total. The zero-order valence-corrected chi connectivity index (χ0v) is 13.8. The van der Waals surface area contributed by atoms with Crippen molar-refractivity contribution in [3.63, 3.8) is 0 Å². The molecule has 0 fully saturated rings. The lowest BCUT2D eigenvalue weighted by Gasteiger charge is -2.18. The van der Waals surface area contributed by atoms with Crippen LogP contribution in [0.4, 0.5) is 0 Å². The molecule has 0 saturated carbocycles. The van der Waals surface area contributed by atoms with Gasteiger partial charge in [0.15, 0.2) is 0 Å². The van der Waals surface area contributed by atoms with Crippen LogP contribution >= 0.6 is 0 Å². The normalized spacial score (nSPS) is 11.4. The molecule has 0 aliphatic heterocycles. The lowest BCUT2D eigenvalue weighted by molar-refractivity contribution is 0.189. The quantitative estimate of drug-likeness (QED) is 0.465. The van der Waals surface area contributed by atoms with Crippen LogP contribution in [-0.4, -0.2) is 13.7 Å². The lowest BCUT2D eigenvalue weighted by Crippen LogP contribution is -2.08. The maximum Gasteiger partial charge on any atom is 0.0571 e. The highest BCUT2D eigenvalue weighted by atomic mass is 16.5. The van der Waals surface area contributed by atoms with Crippen molar-refractivity contribution in [2.75, 3.05) is 13.7 Å². The average Bonchev–Trinajstić information content (AvgIpc) is 2.65. The fourth-order valence-electron chi connectivity index (χ4n) is 3.40. The van der Waals surface area contributed by atoms with Crippen LogP contribution in [0, 0.1) is 0 Å². The summed E-state index contributed by atoms with van der Waals surface area (Å²) in [5.74, 6) is 0.240. The van der Waals surface area contributed by atoms with Crippen molar-refractivity contribution in [1.29, 1.82) is 0 Å². The molecule has 4 aromatic rings. The molecule has 0 radical (unpaired) electrons. The van der Waals surface area contributed by atoms with Crippen molar-refractivity contribution >= 4 is 21.5 Å². The van der Waals surface area contributed by atoms with Gasteiger partial charge in [-0.2, -0.15) is 0 Å². The van der Waals surface area contributed by atoms with Gasteiger partial charge in [0, 0.05) is 13.0 Å². The van der Waals surface area contributed by atoms with Crippen LogP contribution in [0.25, 0.3) is 21.5 Å². The molecule has 1 nitrogen and oxygen atoms in total. The molecular weight excluding hydrogens is 292 g/mol. The Morgan fingerprint density at radius 2 is 1.08 bits per heavy atom. The second-order valence-corrected chi connectivity index (χ2v) is 6.22. The number of ether oxygens (including phenoxy) is 1. The molecule has 0 saturated heterocycles. The van der Waals surface area contributed by atoms with Gasteiger partial charge in [-0.3, -0.25) is 0 Å². The summed E-state index contributed by atoms with van der Waals surface area (Å²) in [6.07, 6.45) is 0. The molecule has 0 amide bonds. The van der Waals surface area contributed by atoms with Gasteiger partial charge in [-0.05, 0) is 32.7 Å². The largest absolute Gasteiger partial charge is 0.384 e. The summed E-state index contributed by atoms with van der Waals surface area (Å²) in [7, 11) is 1.77. The monoisotopic (exact) mass is 312 g/mol. The minimum Gasteiger partial charge on any atom is -0.384 e. The van der Waals surface area contributed by atoms with E-state index in [1.807, 2.05) is 0 Å². The topological polar surface area (TPSA) is 9.23 Å². The van der Waals surface area contributed by atoms with E-state index in [0.29, 0.717) is 6.61 Å². The molecule has 24 heavy (non-hydrogen) atoms. The zero-order chi connectivity index (χ0) is 16.4. The number of methoxy groups -OCH3 is 1. The van der Waals surface area contributed by atoms with Crippen LogP contribution < -0.4 is 0 Å². The van der Waals surface area contributed by atoms with Gasteiger partial charge in [-0.15, -0.1) is 0 Å². The van der Waals surface area contributed by atoms with E-state index in [1.54, 1.807) is 7.11 Å². The van der Waals surface area contributed by atoms with Crippen molar-refractivity contribution in [3.8, 4) is 0 Å². The molecule has 1 heteroatoms. The maximum absolute atomic E-state index is 5.54. The third-order valence-corrected chi connectivity index (χ3v) is 4.69. The summed E-state index contributed by atoms with van der Waals surface area (Å²) in [6, 6.07) is 30.4. The van der Waals surface area contributed by atoms with Gasteiger partial charge in [0.05, 0.1) is 6.61 Å². The highest BCUT2D eigenvalue weighted by Crippen LogP contribution is 2.30. The van der Waals surface area contributed by atoms with Crippen LogP contribution in [0.5, 0.6) is 0 Å². The minimum atomic E-state index is 0.240. The molecule has 4 rings (SSSR count). The number of hydrogen-bond donors (Lipinski definition) is 0. The molecule has 0 heterocycles. The highest BCUT2D eigenvalue weighted by Gasteiger charge is 2.15. The summed E-state index contributed by atoms with van der Waals surface area (Å²) in [4.78, 5) is 0. The predicted octanol–water partition coefficient (Wildman–Crippen LogP) is 5.77. The first-order valence-corrected chi connectivity index (χ1v) is 8.31. The van der Waals surface area contributed by atoms with E-state index in [9.17, 15) is 0 Å². The zero-order valence-electron chi connectivity index (χ0n) is 13.8. The van der Waals surface area contributed by atoms with Gasteiger partial charge in [0.2, 0.25) is 0 Å². The second-order valence-electron chi connectivity index (χ2n) is 6.22. The SMILES string of the molecule is COCC(c1ccc2ccccc2c1)c1ccc2ccccc2c1. The fourth-order valence-corrected chi connectivity index (χ4v) is 3.40. The second kappa shape index (κ2) is 6.46. The maximum atomic E-state index is 5.54. The van der Waals surface area contributed by atoms with Crippen molar-refractivity contribution in [2.24, 2.45) is 0 Å². The summed E-state index contributed by atoms with van der Waals surface area (Å²) in [5, 5.41) is 5.10. The Labute approximate surface area is 142 Å². The standard InChI is InChI=1S/C23H20O/c1-24-16-23(21-12-10-17-6-2-4-8-19(17)14-21)22-13-11-18-7-3-5-9-20(18)15-22/h2-15,23H,16H2,1H3. The van der Waals surface area contributed by atoms with Crippen molar-refractivity contribution in [1.82, 2.24) is 0 Å². The van der Waals surface area contributed by atoms with E-state index in [2.05, 4.69) is 84.9 Å². The van der Waals surface area contributed by atoms with Crippen LogP contribution in [0.3, 0.4) is 0 Å². The van der Waals surface area contributed by atoms with Crippen molar-refractivity contribution < 1.29 is 4.74 Å². The molecular formula is C23H20O. The molecule has 0 spiro atoms. The Balaban J connectivity index is 1.81. The smallest absolute Gasteiger partial charge is 0.0571 e. The van der Waals surface area contributed by atoms with Gasteiger partial charge in [0.25, 0.3) is 0 Å². The Kier molecular flexibility index (Phi) is 4.02. The van der Waals surface area contributed by atoms with Gasteiger partial charge >= 0.3 is 0 Å². The third kappa shape index (κ3) is 2.79. The molecule has 4 aromatic carbocycles. The van der Waals surface area contributed by atoms with E-state index >= 15 is 0 Å². The predicted molar refractivity (Wildman–Crippen MR) is 102 cm³/mol. The van der Waals surface area contributed by atoms with Gasteiger partial charge < -0.3 is 4.74 Å². The Morgan fingerprint density at radius 1 is 0.625 bits per heavy atom. The summed E-state index contributed by atoms with van der Waals surface area (Å²) < 4.78 is 5.54. The Hall–Kier alpha value is -2.64. The molecule has 0 atom stereocenters. The van der Waals surface area contributed by atoms with E-state index in [1.165, 1.54) is 32.7 Å². The van der Waals surface area contributed by atoms with E-state index < -0.39 is 0 Å². The fraction of sp³-hybridized carbons (Fsp3) is 0.130. The summed E-state index contributed by atoms with van der Waals surface area (Å²) in [5.41, 5.74) is 2.59. The van der Waals surface area contributed by atoms with Crippen molar-refractivity contribution in [3.05, 3.63) is 96.1 Å². The molecule has 118 valence electrons. The minimum absolute atomic E-state index is 0.240. The first kappa shape index (κ1) is 14.9. The molecule has 0 bridgehead atoms. The number of benzene rings is 4. The Bertz CT molecular complexity index is 908. The van der Waals surface area contributed by atoms with E-state index in [4.69, 9.17) is 4.74 Å². The van der Waals surface area contributed by atoms with Gasteiger partial charge in [-0.1, -0.05) is 84.9 Å². The molecule has 0 aromatic heterocycles. The highest BCUT2D eigenvalue weighted by molar-refractivity contribution is 5.84. The third-order valence-electron chi connectivity index (χ3n) is 4.69. The number of rotatable bonds is 4. The average molecular weight is 312 g/mol. The van der Waals surface area contributed by atoms with E-state index in [0.717, 1.165) is 0 Å². The molecule has 0 aliphatic rings.